The molecule has 4 nitrogen and oxygen atoms in total. The van der Waals surface area contributed by atoms with E-state index in [-0.39, 0.29) is 23.2 Å². The van der Waals surface area contributed by atoms with Gasteiger partial charge in [-0.3, -0.25) is 9.59 Å². The van der Waals surface area contributed by atoms with Crippen LogP contribution in [-0.4, -0.2) is 22.7 Å². The van der Waals surface area contributed by atoms with Gasteiger partial charge in [-0.2, -0.15) is 0 Å². The normalized spacial score (nSPS) is 14.9. The molecule has 0 aliphatic heterocycles. The van der Waals surface area contributed by atoms with Crippen LogP contribution < -0.4 is 11.1 Å². The van der Waals surface area contributed by atoms with Crippen molar-refractivity contribution in [3.8, 4) is 0 Å². The van der Waals surface area contributed by atoms with E-state index in [2.05, 4.69) is 21.2 Å². The van der Waals surface area contributed by atoms with E-state index >= 15 is 0 Å². The van der Waals surface area contributed by atoms with Gasteiger partial charge in [-0.1, -0.05) is 15.9 Å². The summed E-state index contributed by atoms with van der Waals surface area (Å²) in [6.07, 6.45) is 0.172. The van der Waals surface area contributed by atoms with Gasteiger partial charge >= 0.3 is 0 Å². The summed E-state index contributed by atoms with van der Waals surface area (Å²) in [5, 5.41) is 2.62. The molecule has 0 fully saturated rings. The third-order valence-corrected chi connectivity index (χ3v) is 1.67. The molecule has 0 aromatic rings. The van der Waals surface area contributed by atoms with Crippen molar-refractivity contribution in [1.82, 2.24) is 5.32 Å². The molecule has 70 valence electrons. The lowest BCUT2D eigenvalue weighted by Crippen LogP contribution is -2.38. The predicted molar refractivity (Wildman–Crippen MR) is 49.8 cm³/mol. The summed E-state index contributed by atoms with van der Waals surface area (Å²) in [6, 6.07) is -0.199. The SMILES string of the molecule is CC(CC(N)=O)NC(=O)C(C)Br. The number of rotatable bonds is 4. The lowest BCUT2D eigenvalue weighted by Gasteiger charge is -2.12. The first-order valence-electron chi connectivity index (χ1n) is 3.66. The van der Waals surface area contributed by atoms with E-state index in [1.54, 1.807) is 13.8 Å². The fourth-order valence-corrected chi connectivity index (χ4v) is 0.843. The third-order valence-electron chi connectivity index (χ3n) is 1.26. The van der Waals surface area contributed by atoms with Crippen molar-refractivity contribution in [2.45, 2.75) is 31.1 Å². The van der Waals surface area contributed by atoms with Crippen LogP contribution in [0.5, 0.6) is 0 Å². The summed E-state index contributed by atoms with van der Waals surface area (Å²) < 4.78 is 0. The second-order valence-corrected chi connectivity index (χ2v) is 4.07. The highest BCUT2D eigenvalue weighted by atomic mass is 79.9. The molecule has 0 bridgehead atoms. The molecule has 2 amide bonds. The number of halogens is 1. The summed E-state index contributed by atoms with van der Waals surface area (Å²) in [4.78, 5) is 21.2. The van der Waals surface area contributed by atoms with Gasteiger partial charge in [-0.05, 0) is 13.8 Å². The molecule has 0 rings (SSSR count). The number of carbonyl (C=O) groups excluding carboxylic acids is 2. The molecule has 0 aliphatic rings. The summed E-state index contributed by atoms with van der Waals surface area (Å²) in [6.45, 7) is 3.45. The van der Waals surface area contributed by atoms with Crippen LogP contribution in [0.2, 0.25) is 0 Å². The number of alkyl halides is 1. The highest BCUT2D eigenvalue weighted by Crippen LogP contribution is 1.98. The Balaban J connectivity index is 3.76. The summed E-state index contributed by atoms with van der Waals surface area (Å²) in [7, 11) is 0. The maximum Gasteiger partial charge on any atom is 0.233 e. The van der Waals surface area contributed by atoms with Gasteiger partial charge in [-0.15, -0.1) is 0 Å². The van der Waals surface area contributed by atoms with Crippen molar-refractivity contribution in [2.24, 2.45) is 5.73 Å². The highest BCUT2D eigenvalue weighted by Gasteiger charge is 2.12. The molecule has 0 spiro atoms. The van der Waals surface area contributed by atoms with Crippen LogP contribution in [0.25, 0.3) is 0 Å². The van der Waals surface area contributed by atoms with Gasteiger partial charge < -0.3 is 11.1 Å². The quantitative estimate of drug-likeness (QED) is 0.683. The van der Waals surface area contributed by atoms with Gasteiger partial charge in [0.2, 0.25) is 11.8 Å². The molecule has 5 heteroatoms. The summed E-state index contributed by atoms with van der Waals surface area (Å²) >= 11 is 3.11. The molecule has 2 atom stereocenters. The van der Waals surface area contributed by atoms with Gasteiger partial charge in [0.25, 0.3) is 0 Å². The molecule has 0 saturated carbocycles. The van der Waals surface area contributed by atoms with Crippen molar-refractivity contribution < 1.29 is 9.59 Å². The smallest absolute Gasteiger partial charge is 0.233 e. The van der Waals surface area contributed by atoms with Gasteiger partial charge in [-0.25, -0.2) is 0 Å². The van der Waals surface area contributed by atoms with E-state index < -0.39 is 5.91 Å². The molecule has 0 aromatic heterocycles. The first kappa shape index (κ1) is 11.4. The van der Waals surface area contributed by atoms with E-state index in [1.165, 1.54) is 0 Å². The average molecular weight is 237 g/mol. The van der Waals surface area contributed by atoms with Gasteiger partial charge in [0, 0.05) is 12.5 Å². The lowest BCUT2D eigenvalue weighted by atomic mass is 10.2. The Hall–Kier alpha value is -0.580. The van der Waals surface area contributed by atoms with Crippen LogP contribution in [0.15, 0.2) is 0 Å². The molecular weight excluding hydrogens is 224 g/mol. The number of carbonyl (C=O) groups is 2. The van der Waals surface area contributed by atoms with Crippen molar-refractivity contribution in [1.29, 1.82) is 0 Å². The number of hydrogen-bond donors (Lipinski definition) is 2. The molecule has 0 saturated heterocycles. The van der Waals surface area contributed by atoms with E-state index in [0.717, 1.165) is 0 Å². The number of amides is 2. The molecule has 0 heterocycles. The first-order chi connectivity index (χ1) is 5.43. The van der Waals surface area contributed by atoms with Crippen LogP contribution in [0.1, 0.15) is 20.3 Å². The Morgan fingerprint density at radius 3 is 2.33 bits per heavy atom. The van der Waals surface area contributed by atoms with Crippen LogP contribution >= 0.6 is 15.9 Å². The molecule has 0 radical (unpaired) electrons. The zero-order valence-electron chi connectivity index (χ0n) is 7.13. The van der Waals surface area contributed by atoms with Gasteiger partial charge in [0.05, 0.1) is 4.83 Å². The van der Waals surface area contributed by atoms with Crippen molar-refractivity contribution in [3.63, 3.8) is 0 Å². The van der Waals surface area contributed by atoms with E-state index in [4.69, 9.17) is 5.73 Å². The van der Waals surface area contributed by atoms with Crippen molar-refractivity contribution in [2.75, 3.05) is 0 Å². The van der Waals surface area contributed by atoms with Crippen molar-refractivity contribution in [3.05, 3.63) is 0 Å². The zero-order valence-corrected chi connectivity index (χ0v) is 8.72. The average Bonchev–Trinajstić information content (AvgIpc) is 1.84. The first-order valence-corrected chi connectivity index (χ1v) is 4.57. The molecule has 0 aromatic carbocycles. The number of nitrogens with one attached hydrogen (secondary N) is 1. The van der Waals surface area contributed by atoms with E-state index in [1.807, 2.05) is 0 Å². The standard InChI is InChI=1S/C7H13BrN2O2/c1-4(3-6(9)11)10-7(12)5(2)8/h4-5H,3H2,1-2H3,(H2,9,11)(H,10,12). The minimum Gasteiger partial charge on any atom is -0.370 e. The molecule has 2 unspecified atom stereocenters. The van der Waals surface area contributed by atoms with Crippen LogP contribution in [0.4, 0.5) is 0 Å². The predicted octanol–water partition coefficient (Wildman–Crippen LogP) is 0.150. The van der Waals surface area contributed by atoms with E-state index in [9.17, 15) is 9.59 Å². The lowest BCUT2D eigenvalue weighted by molar-refractivity contribution is -0.121. The number of hydrogen-bond acceptors (Lipinski definition) is 2. The summed E-state index contributed by atoms with van der Waals surface area (Å²) in [5.74, 6) is -0.547. The zero-order chi connectivity index (χ0) is 9.72. The Bertz CT molecular complexity index is 182. The Kier molecular flexibility index (Phi) is 4.89. The Morgan fingerprint density at radius 1 is 1.50 bits per heavy atom. The largest absolute Gasteiger partial charge is 0.370 e. The highest BCUT2D eigenvalue weighted by molar-refractivity contribution is 9.10. The number of primary amides is 1. The fourth-order valence-electron chi connectivity index (χ4n) is 0.710. The topological polar surface area (TPSA) is 72.2 Å². The van der Waals surface area contributed by atoms with Crippen LogP contribution in [-0.2, 0) is 9.59 Å². The minimum atomic E-state index is -0.412. The fraction of sp³-hybridized carbons (Fsp3) is 0.714. The second-order valence-electron chi connectivity index (χ2n) is 2.70. The molecule has 12 heavy (non-hydrogen) atoms. The van der Waals surface area contributed by atoms with Crippen molar-refractivity contribution >= 4 is 27.7 Å². The second kappa shape index (κ2) is 5.13. The minimum absolute atomic E-state index is 0.135. The van der Waals surface area contributed by atoms with Gasteiger partial charge in [0.1, 0.15) is 0 Å². The molecule has 3 N–H and O–H groups in total. The number of nitrogens with two attached hydrogens (primary N) is 1. The van der Waals surface area contributed by atoms with Crippen LogP contribution in [0.3, 0.4) is 0 Å². The molecular formula is C7H13BrN2O2. The van der Waals surface area contributed by atoms with Crippen LogP contribution in [0, 0.1) is 0 Å². The Labute approximate surface area is 80.0 Å². The monoisotopic (exact) mass is 236 g/mol. The molecule has 0 aliphatic carbocycles. The maximum absolute atomic E-state index is 11.0. The Morgan fingerprint density at radius 2 is 2.00 bits per heavy atom. The maximum atomic E-state index is 11.0. The van der Waals surface area contributed by atoms with E-state index in [0.29, 0.717) is 0 Å². The van der Waals surface area contributed by atoms with Gasteiger partial charge in [0.15, 0.2) is 0 Å². The third kappa shape index (κ3) is 5.12. The summed E-state index contributed by atoms with van der Waals surface area (Å²) in [5.41, 5.74) is 4.94.